The number of fused-ring (bicyclic) bond motifs is 1. The summed E-state index contributed by atoms with van der Waals surface area (Å²) in [6.45, 7) is 3.37. The average Bonchev–Trinajstić information content (AvgIpc) is 3.06. The fourth-order valence-electron chi connectivity index (χ4n) is 2.87. The summed E-state index contributed by atoms with van der Waals surface area (Å²) in [6, 6.07) is 4.78. The van der Waals surface area contributed by atoms with Crippen LogP contribution < -0.4 is 16.4 Å². The van der Waals surface area contributed by atoms with E-state index in [-0.39, 0.29) is 11.7 Å². The molecule has 0 spiro atoms. The molecular formula is C19H26N4O4S. The van der Waals surface area contributed by atoms with Gasteiger partial charge in [0.25, 0.3) is 0 Å². The molecule has 0 aliphatic rings. The minimum absolute atomic E-state index is 0.0157. The lowest BCUT2D eigenvalue weighted by Crippen LogP contribution is -2.56. The van der Waals surface area contributed by atoms with Crippen LogP contribution in [-0.2, 0) is 20.8 Å². The number of benzene rings is 1. The molecule has 2 aromatic rings. The number of hydrogen-bond donors (Lipinski definition) is 6. The maximum absolute atomic E-state index is 12.5. The van der Waals surface area contributed by atoms with Gasteiger partial charge in [-0.15, -0.1) is 0 Å². The van der Waals surface area contributed by atoms with Gasteiger partial charge in [0.15, 0.2) is 0 Å². The first kappa shape index (κ1) is 21.8. The number of carboxylic acids is 1. The molecule has 28 heavy (non-hydrogen) atoms. The molecule has 0 aliphatic carbocycles. The Hall–Kier alpha value is -2.52. The van der Waals surface area contributed by atoms with E-state index in [0.29, 0.717) is 6.42 Å². The number of aromatic amines is 1. The van der Waals surface area contributed by atoms with Crippen molar-refractivity contribution in [1.82, 2.24) is 15.6 Å². The number of para-hydroxylation sites is 1. The highest BCUT2D eigenvalue weighted by Crippen LogP contribution is 2.18. The second-order valence-corrected chi connectivity index (χ2v) is 7.35. The lowest BCUT2D eigenvalue weighted by Gasteiger charge is -2.23. The van der Waals surface area contributed by atoms with E-state index in [1.54, 1.807) is 20.0 Å². The molecule has 1 aromatic heterocycles. The molecule has 0 saturated heterocycles. The topological polar surface area (TPSA) is 137 Å². The van der Waals surface area contributed by atoms with Crippen LogP contribution in [0.5, 0.6) is 0 Å². The van der Waals surface area contributed by atoms with Crippen LogP contribution in [0.25, 0.3) is 10.9 Å². The van der Waals surface area contributed by atoms with Crippen LogP contribution >= 0.6 is 12.6 Å². The minimum atomic E-state index is -1.14. The fraction of sp³-hybridized carbons (Fsp3) is 0.421. The molecule has 0 radical (unpaired) electrons. The quantitative estimate of drug-likeness (QED) is 0.340. The number of carbonyl (C=O) groups is 3. The third-order valence-corrected chi connectivity index (χ3v) is 4.86. The first-order valence-electron chi connectivity index (χ1n) is 8.99. The summed E-state index contributed by atoms with van der Waals surface area (Å²) >= 11 is 4.09. The number of H-pyrrole nitrogens is 1. The molecule has 0 saturated carbocycles. The van der Waals surface area contributed by atoms with Gasteiger partial charge in [-0.1, -0.05) is 32.0 Å². The van der Waals surface area contributed by atoms with Gasteiger partial charge in [-0.25, -0.2) is 4.79 Å². The predicted molar refractivity (Wildman–Crippen MR) is 110 cm³/mol. The summed E-state index contributed by atoms with van der Waals surface area (Å²) in [5.41, 5.74) is 7.87. The number of amides is 2. The zero-order valence-corrected chi connectivity index (χ0v) is 16.7. The summed E-state index contributed by atoms with van der Waals surface area (Å²) in [4.78, 5) is 39.2. The Kier molecular flexibility index (Phi) is 7.47. The van der Waals surface area contributed by atoms with Crippen LogP contribution in [0.1, 0.15) is 19.4 Å². The number of thiol groups is 1. The van der Waals surface area contributed by atoms with Crippen LogP contribution in [0, 0.1) is 5.92 Å². The van der Waals surface area contributed by atoms with E-state index in [4.69, 9.17) is 5.73 Å². The van der Waals surface area contributed by atoms with Crippen molar-refractivity contribution >= 4 is 41.3 Å². The molecule has 0 fully saturated rings. The Morgan fingerprint density at radius 1 is 1.18 bits per heavy atom. The van der Waals surface area contributed by atoms with Gasteiger partial charge >= 0.3 is 5.97 Å². The summed E-state index contributed by atoms with van der Waals surface area (Å²) in [5, 5.41) is 15.2. The number of nitrogens with one attached hydrogen (secondary N) is 3. The second-order valence-electron chi connectivity index (χ2n) is 6.98. The summed E-state index contributed by atoms with van der Waals surface area (Å²) < 4.78 is 0. The molecule has 152 valence electrons. The van der Waals surface area contributed by atoms with E-state index in [9.17, 15) is 19.5 Å². The number of nitrogens with two attached hydrogens (primary N) is 1. The molecule has 1 aromatic carbocycles. The normalized spacial score (nSPS) is 14.5. The van der Waals surface area contributed by atoms with Gasteiger partial charge in [-0.2, -0.15) is 12.6 Å². The monoisotopic (exact) mass is 406 g/mol. The lowest BCUT2D eigenvalue weighted by molar-refractivity contribution is -0.143. The maximum Gasteiger partial charge on any atom is 0.326 e. The summed E-state index contributed by atoms with van der Waals surface area (Å²) in [5.74, 6) is -2.54. The smallest absolute Gasteiger partial charge is 0.326 e. The number of hydrogen-bond acceptors (Lipinski definition) is 5. The Bertz CT molecular complexity index is 851. The lowest BCUT2D eigenvalue weighted by atomic mass is 10.0. The molecule has 2 amide bonds. The third kappa shape index (κ3) is 5.26. The van der Waals surface area contributed by atoms with Gasteiger partial charge in [0, 0.05) is 22.9 Å². The molecule has 3 atom stereocenters. The first-order valence-corrected chi connectivity index (χ1v) is 9.62. The molecule has 9 heteroatoms. The fourth-order valence-corrected chi connectivity index (χ4v) is 3.13. The Morgan fingerprint density at radius 3 is 2.46 bits per heavy atom. The van der Waals surface area contributed by atoms with Crippen molar-refractivity contribution in [2.75, 3.05) is 5.75 Å². The molecular weight excluding hydrogens is 380 g/mol. The Morgan fingerprint density at radius 2 is 1.86 bits per heavy atom. The summed E-state index contributed by atoms with van der Waals surface area (Å²) in [7, 11) is 0. The molecule has 0 aliphatic heterocycles. The molecule has 2 rings (SSSR count). The number of rotatable bonds is 9. The molecule has 8 nitrogen and oxygen atoms in total. The Balaban J connectivity index is 2.00. The first-order chi connectivity index (χ1) is 13.2. The van der Waals surface area contributed by atoms with Crippen LogP contribution in [0.2, 0.25) is 0 Å². The summed E-state index contributed by atoms with van der Waals surface area (Å²) in [6.07, 6.45) is 2.10. The zero-order valence-electron chi connectivity index (χ0n) is 15.8. The zero-order chi connectivity index (χ0) is 20.8. The number of aromatic nitrogens is 1. The van der Waals surface area contributed by atoms with Crippen LogP contribution in [0.4, 0.5) is 0 Å². The van der Waals surface area contributed by atoms with Gasteiger partial charge in [0.1, 0.15) is 12.1 Å². The Labute approximate surface area is 168 Å². The number of carboxylic acid groups (broad SMARTS) is 1. The van der Waals surface area contributed by atoms with Gasteiger partial charge in [-0.3, -0.25) is 9.59 Å². The van der Waals surface area contributed by atoms with Gasteiger partial charge in [-0.05, 0) is 24.0 Å². The third-order valence-electron chi connectivity index (χ3n) is 4.50. The highest BCUT2D eigenvalue weighted by molar-refractivity contribution is 7.80. The van der Waals surface area contributed by atoms with E-state index in [1.807, 2.05) is 24.3 Å². The van der Waals surface area contributed by atoms with Crippen molar-refractivity contribution in [2.24, 2.45) is 11.7 Å². The largest absolute Gasteiger partial charge is 0.480 e. The number of carbonyl (C=O) groups excluding carboxylic acids is 2. The maximum atomic E-state index is 12.5. The van der Waals surface area contributed by atoms with Crippen LogP contribution in [0.15, 0.2) is 30.5 Å². The molecule has 1 heterocycles. The van der Waals surface area contributed by atoms with Crippen molar-refractivity contribution in [2.45, 2.75) is 38.4 Å². The van der Waals surface area contributed by atoms with Gasteiger partial charge in [0.05, 0.1) is 6.04 Å². The van der Waals surface area contributed by atoms with Gasteiger partial charge in [0.2, 0.25) is 11.8 Å². The molecule has 0 bridgehead atoms. The SMILES string of the molecule is CC(C)[C@H](NC(=O)[C@H](CS)NC(=O)[C@@H](N)Cc1c[nH]c2ccccc12)C(=O)O. The van der Waals surface area contributed by atoms with Crippen molar-refractivity contribution in [1.29, 1.82) is 0 Å². The van der Waals surface area contributed by atoms with Crippen molar-refractivity contribution in [3.05, 3.63) is 36.0 Å². The standard InChI is InChI=1S/C19H26N4O4S/c1-10(2)16(19(26)27)23-18(25)15(9-28)22-17(24)13(20)7-11-8-21-14-6-4-3-5-12(11)14/h3-6,8,10,13,15-16,21,28H,7,9,20H2,1-2H3,(H,22,24)(H,23,25)(H,26,27)/t13-,15-,16-/m0/s1. The van der Waals surface area contributed by atoms with E-state index >= 15 is 0 Å². The second kappa shape index (κ2) is 9.61. The van der Waals surface area contributed by atoms with E-state index < -0.39 is 35.9 Å². The van der Waals surface area contributed by atoms with Crippen LogP contribution in [-0.4, -0.2) is 51.8 Å². The minimum Gasteiger partial charge on any atom is -0.480 e. The predicted octanol–water partition coefficient (Wildman–Crippen LogP) is 0.678. The van der Waals surface area contributed by atoms with Crippen molar-refractivity contribution < 1.29 is 19.5 Å². The van der Waals surface area contributed by atoms with E-state index in [2.05, 4.69) is 28.2 Å². The van der Waals surface area contributed by atoms with E-state index in [1.165, 1.54) is 0 Å². The number of aliphatic carboxylic acids is 1. The van der Waals surface area contributed by atoms with Crippen molar-refractivity contribution in [3.8, 4) is 0 Å². The highest BCUT2D eigenvalue weighted by Gasteiger charge is 2.29. The van der Waals surface area contributed by atoms with Crippen LogP contribution in [0.3, 0.4) is 0 Å². The molecule has 6 N–H and O–H groups in total. The van der Waals surface area contributed by atoms with Gasteiger partial charge < -0.3 is 26.5 Å². The van der Waals surface area contributed by atoms with E-state index in [0.717, 1.165) is 16.5 Å². The van der Waals surface area contributed by atoms with Crippen molar-refractivity contribution in [3.63, 3.8) is 0 Å². The highest BCUT2D eigenvalue weighted by atomic mass is 32.1. The average molecular weight is 407 g/mol. The molecule has 0 unspecified atom stereocenters.